The highest BCUT2D eigenvalue weighted by atomic mass is 16.7. The van der Waals surface area contributed by atoms with Gasteiger partial charge in [0.25, 0.3) is 0 Å². The summed E-state index contributed by atoms with van der Waals surface area (Å²) in [5, 5.41) is 82.5. The van der Waals surface area contributed by atoms with E-state index in [1.807, 2.05) is 30.3 Å². The number of likely N-dealkylation sites (tertiary alicyclic amines) is 1. The summed E-state index contributed by atoms with van der Waals surface area (Å²) >= 11 is 0. The molecule has 0 aromatic heterocycles. The summed E-state index contributed by atoms with van der Waals surface area (Å²) in [6.45, 7) is 4.28. The average Bonchev–Trinajstić information content (AvgIpc) is 1.06. The van der Waals surface area contributed by atoms with Crippen molar-refractivity contribution in [3.05, 3.63) is 112 Å². The number of carboxylic acid groups (broad SMARTS) is 1. The molecule has 2 aliphatic carbocycles. The van der Waals surface area contributed by atoms with E-state index in [9.17, 15) is 83.4 Å². The van der Waals surface area contributed by atoms with Crippen molar-refractivity contribution in [2.45, 2.75) is 146 Å². The van der Waals surface area contributed by atoms with Gasteiger partial charge < -0.3 is 81.7 Å². The minimum absolute atomic E-state index is 0.0200. The summed E-state index contributed by atoms with van der Waals surface area (Å²) in [5.41, 5.74) is -2.64. The maximum Gasteiger partial charge on any atom is 0.303 e. The number of amides is 7. The molecule has 12 N–H and O–H groups in total. The zero-order valence-corrected chi connectivity index (χ0v) is 50.7. The number of hydrogen-bond acceptors (Lipinski definition) is 19. The molecule has 0 bridgehead atoms. The first-order valence-electron chi connectivity index (χ1n) is 29.8. The fourth-order valence-corrected chi connectivity index (χ4v) is 12.0. The number of Topliss-reactive ketones (excluding diaryl/α,β-unsaturated/α-hetero) is 1. The lowest BCUT2D eigenvalue weighted by Gasteiger charge is -2.43. The summed E-state index contributed by atoms with van der Waals surface area (Å²) in [6, 6.07) is 13.9. The van der Waals surface area contributed by atoms with Crippen LogP contribution in [0.3, 0.4) is 0 Å². The largest absolute Gasteiger partial charge is 0.507 e. The summed E-state index contributed by atoms with van der Waals surface area (Å²) < 4.78 is 17.7. The number of aliphatic hydroxyl groups is 3. The van der Waals surface area contributed by atoms with E-state index in [-0.39, 0.29) is 59.9 Å². The minimum atomic E-state index is -2.51. The lowest BCUT2D eigenvalue weighted by molar-refractivity contribution is -0.249. The van der Waals surface area contributed by atoms with Crippen molar-refractivity contribution >= 4 is 64.7 Å². The molecular formula is C64H75N7O20. The SMILES string of the molecule is COc1cccc2c1C(=O)c1c(O)c3c(c(O)c1C2=O)C[C@@](O)(C(=O)CO)C[C@@H]3O[C@H]1C[C@H](NC(=O)[C@H](CCC(=O)O)NC(=O)[C@H](Cc2ccc(-c3ccccc3)cc2)NC(=O)CNC(=O)[C@H](CC(C)C)NC(=O)[C@@H]2CCCN2C(=O)CNC(C)=O)[C@H](O)[C@H](C)O1. The average molecular weight is 1260 g/mol. The van der Waals surface area contributed by atoms with E-state index in [2.05, 4.69) is 31.9 Å². The number of fused-ring (bicyclic) bond motifs is 3. The molecule has 0 saturated carbocycles. The fraction of sp³-hybridized carbons (Fsp3) is 0.453. The van der Waals surface area contributed by atoms with Gasteiger partial charge >= 0.3 is 5.97 Å². The number of aliphatic carboxylic acids is 1. The predicted octanol–water partition coefficient (Wildman–Crippen LogP) is 0.677. The Bertz CT molecular complexity index is 3490. The van der Waals surface area contributed by atoms with Gasteiger partial charge in [-0.2, -0.15) is 0 Å². The van der Waals surface area contributed by atoms with Crippen molar-refractivity contribution < 1.29 is 97.6 Å². The Balaban J connectivity index is 1.01. The molecule has 27 nitrogen and oxygen atoms in total. The summed E-state index contributed by atoms with van der Waals surface area (Å²) in [7, 11) is 1.26. The van der Waals surface area contributed by atoms with Crippen LogP contribution >= 0.6 is 0 Å². The predicted molar refractivity (Wildman–Crippen MR) is 320 cm³/mol. The van der Waals surface area contributed by atoms with Crippen LogP contribution in [0.15, 0.2) is 72.8 Å². The van der Waals surface area contributed by atoms with Gasteiger partial charge in [-0.05, 0) is 61.3 Å². The smallest absolute Gasteiger partial charge is 0.303 e. The van der Waals surface area contributed by atoms with Gasteiger partial charge in [-0.1, -0.05) is 80.6 Å². The monoisotopic (exact) mass is 1260 g/mol. The van der Waals surface area contributed by atoms with E-state index in [0.717, 1.165) is 11.1 Å². The third kappa shape index (κ3) is 15.5. The topological polar surface area (TPSA) is 412 Å². The molecule has 7 amide bonds. The summed E-state index contributed by atoms with van der Waals surface area (Å²) in [6.07, 6.45) is -8.40. The van der Waals surface area contributed by atoms with Gasteiger partial charge in [0.1, 0.15) is 59.7 Å². The van der Waals surface area contributed by atoms with Crippen LogP contribution in [0.4, 0.5) is 0 Å². The van der Waals surface area contributed by atoms with E-state index in [0.29, 0.717) is 18.4 Å². The molecule has 91 heavy (non-hydrogen) atoms. The number of phenolic OH excluding ortho intramolecular Hbond substituents is 2. The van der Waals surface area contributed by atoms with Crippen molar-refractivity contribution in [1.29, 1.82) is 0 Å². The number of carbonyl (C=O) groups is 11. The van der Waals surface area contributed by atoms with Gasteiger partial charge in [0.15, 0.2) is 17.9 Å². The van der Waals surface area contributed by atoms with E-state index < -0.39 is 193 Å². The number of nitrogens with zero attached hydrogens (tertiary/aromatic N) is 1. The number of ketones is 3. The van der Waals surface area contributed by atoms with Crippen LogP contribution in [0.1, 0.15) is 127 Å². The Morgan fingerprint density at radius 2 is 1.48 bits per heavy atom. The van der Waals surface area contributed by atoms with Crippen molar-refractivity contribution in [1.82, 2.24) is 36.8 Å². The summed E-state index contributed by atoms with van der Waals surface area (Å²) in [4.78, 5) is 150. The van der Waals surface area contributed by atoms with Gasteiger partial charge in [-0.15, -0.1) is 0 Å². The minimum Gasteiger partial charge on any atom is -0.507 e. The molecule has 0 unspecified atom stereocenters. The van der Waals surface area contributed by atoms with Crippen molar-refractivity contribution in [3.63, 3.8) is 0 Å². The van der Waals surface area contributed by atoms with Crippen LogP contribution in [0.5, 0.6) is 17.2 Å². The zero-order chi connectivity index (χ0) is 66.2. The van der Waals surface area contributed by atoms with E-state index in [1.54, 1.807) is 38.1 Å². The molecule has 27 heteroatoms. The number of aromatic hydroxyl groups is 2. The van der Waals surface area contributed by atoms with Crippen LogP contribution in [-0.4, -0.2) is 188 Å². The number of carboxylic acids is 1. The second-order valence-corrected chi connectivity index (χ2v) is 23.6. The first-order valence-corrected chi connectivity index (χ1v) is 29.8. The van der Waals surface area contributed by atoms with Gasteiger partial charge in [-0.3, -0.25) is 52.7 Å². The lowest BCUT2D eigenvalue weighted by atomic mass is 9.72. The Hall–Kier alpha value is -9.15. The van der Waals surface area contributed by atoms with E-state index in [4.69, 9.17) is 14.2 Å². The first kappa shape index (κ1) is 67.8. The molecule has 10 atom stereocenters. The molecule has 4 aliphatic rings. The van der Waals surface area contributed by atoms with Crippen LogP contribution in [0, 0.1) is 5.92 Å². The van der Waals surface area contributed by atoms with Crippen molar-refractivity contribution in [2.75, 3.05) is 33.4 Å². The Labute approximate surface area is 522 Å². The number of ether oxygens (including phenoxy) is 3. The molecule has 486 valence electrons. The van der Waals surface area contributed by atoms with Crippen LogP contribution < -0.4 is 36.6 Å². The quantitative estimate of drug-likeness (QED) is 0.0357. The molecule has 0 radical (unpaired) electrons. The highest BCUT2D eigenvalue weighted by molar-refractivity contribution is 6.31. The maximum atomic E-state index is 14.6. The Morgan fingerprint density at radius 3 is 2.14 bits per heavy atom. The standard InChI is InChI=1S/C64H75N7O20/c1-31(2)23-41(70-63(87)43-14-10-22-71(43)48(76)29-65-33(4)73)60(84)66-28-47(75)67-42(24-34-16-18-36(19-17-34)35-11-7-6-8-12-35)62(86)68-39(20-21-49(77)78)61(85)69-40-25-50(90-32(3)55(40)79)91-45-27-64(88,46(74)30-72)26-38-52(45)59(83)54-53(57(38)81)56(80)37-13-9-15-44(89-5)51(37)58(54)82/h6-9,11-13,15-19,31-32,39-43,45,50,55,72,79,81,83,88H,10,14,20-30H2,1-5H3,(H,65,73)(H,66,84)(H,67,75)(H,68,86)(H,69,85)(H,70,87)(H,77,78)/t32-,39-,40-,41-,42-,43-,45-,50-,55+,64-/m0/s1. The van der Waals surface area contributed by atoms with Crippen LogP contribution in [0.25, 0.3) is 11.1 Å². The van der Waals surface area contributed by atoms with Gasteiger partial charge in [-0.25, -0.2) is 0 Å². The van der Waals surface area contributed by atoms with E-state index >= 15 is 0 Å². The fourth-order valence-electron chi connectivity index (χ4n) is 12.0. The number of methoxy groups -OCH3 is 1. The first-order chi connectivity index (χ1) is 43.2. The number of phenols is 2. The molecule has 4 aromatic carbocycles. The number of rotatable bonds is 25. The second-order valence-electron chi connectivity index (χ2n) is 23.6. The molecular weight excluding hydrogens is 1190 g/mol. The van der Waals surface area contributed by atoms with Crippen molar-refractivity contribution in [3.8, 4) is 28.4 Å². The third-order valence-corrected chi connectivity index (χ3v) is 16.6. The molecule has 2 heterocycles. The van der Waals surface area contributed by atoms with Crippen LogP contribution in [0.2, 0.25) is 0 Å². The molecule has 2 saturated heterocycles. The maximum absolute atomic E-state index is 14.6. The number of nitrogens with one attached hydrogen (secondary N) is 6. The highest BCUT2D eigenvalue weighted by Gasteiger charge is 2.51. The molecule has 8 rings (SSSR count). The number of carbonyl (C=O) groups excluding carboxylic acids is 10. The number of hydrogen-bond donors (Lipinski definition) is 12. The van der Waals surface area contributed by atoms with Crippen LogP contribution in [-0.2, 0) is 65.5 Å². The van der Waals surface area contributed by atoms with Gasteiger partial charge in [0, 0.05) is 62.3 Å². The second kappa shape index (κ2) is 29.2. The Kier molecular flexibility index (Phi) is 21.8. The number of aliphatic hydroxyl groups excluding tert-OH is 2. The number of benzene rings is 4. The normalized spacial score (nSPS) is 21.8. The highest BCUT2D eigenvalue weighted by Crippen LogP contribution is 2.52. The zero-order valence-electron chi connectivity index (χ0n) is 50.7. The lowest BCUT2D eigenvalue weighted by Crippen LogP contribution is -2.60. The molecule has 2 fully saturated rings. The Morgan fingerprint density at radius 1 is 0.791 bits per heavy atom. The van der Waals surface area contributed by atoms with Gasteiger partial charge in [0.05, 0.1) is 55.1 Å². The van der Waals surface area contributed by atoms with Crippen molar-refractivity contribution in [2.24, 2.45) is 5.92 Å². The van der Waals surface area contributed by atoms with Gasteiger partial charge in [0.2, 0.25) is 47.1 Å². The molecule has 4 aromatic rings. The molecule has 0 spiro atoms. The molecule has 2 aliphatic heterocycles. The summed E-state index contributed by atoms with van der Waals surface area (Å²) in [5.74, 6) is -11.4. The third-order valence-electron chi connectivity index (χ3n) is 16.6. The van der Waals surface area contributed by atoms with E-state index in [1.165, 1.54) is 44.1 Å².